The quantitative estimate of drug-likeness (QED) is 0.774. The Morgan fingerprint density at radius 3 is 2.85 bits per heavy atom. The van der Waals surface area contributed by atoms with Gasteiger partial charge in [0.05, 0.1) is 5.92 Å². The van der Waals surface area contributed by atoms with Crippen LogP contribution in [-0.4, -0.2) is 34.8 Å². The van der Waals surface area contributed by atoms with Gasteiger partial charge in [0.2, 0.25) is 11.8 Å². The number of nitrogens with one attached hydrogen (secondary N) is 1. The summed E-state index contributed by atoms with van der Waals surface area (Å²) in [4.78, 5) is 30.8. The molecule has 0 unspecified atom stereocenters. The van der Waals surface area contributed by atoms with Crippen LogP contribution in [0.3, 0.4) is 0 Å². The number of nitrogens with zero attached hydrogens (tertiary/aromatic N) is 2. The van der Waals surface area contributed by atoms with Crippen LogP contribution >= 0.6 is 23.2 Å². The third-order valence-corrected chi connectivity index (χ3v) is 4.96. The maximum absolute atomic E-state index is 12.5. The molecule has 2 aromatic rings. The second kappa shape index (κ2) is 9.02. The van der Waals surface area contributed by atoms with Crippen LogP contribution in [0.5, 0.6) is 0 Å². The Hall–Kier alpha value is -2.37. The lowest BCUT2D eigenvalue weighted by Gasteiger charge is -2.31. The molecule has 0 aliphatic carbocycles. The van der Waals surface area contributed by atoms with E-state index in [1.165, 1.54) is 6.08 Å². The third kappa shape index (κ3) is 5.31. The molecule has 1 saturated heterocycles. The Bertz CT molecular complexity index is 856. The smallest absolute Gasteiger partial charge is 0.246 e. The fourth-order valence-electron chi connectivity index (χ4n) is 2.97. The number of hydrogen-bond donors (Lipinski definition) is 1. The number of carbonyl (C=O) groups is 2. The van der Waals surface area contributed by atoms with E-state index >= 15 is 0 Å². The second-order valence-electron chi connectivity index (χ2n) is 6.33. The molecule has 3 rings (SSSR count). The maximum atomic E-state index is 12.5. The molecule has 2 amide bonds. The average molecular weight is 404 g/mol. The molecule has 1 aromatic carbocycles. The van der Waals surface area contributed by atoms with Gasteiger partial charge in [0.15, 0.2) is 0 Å². The lowest BCUT2D eigenvalue weighted by Crippen LogP contribution is -2.43. The van der Waals surface area contributed by atoms with Crippen molar-refractivity contribution in [2.75, 3.05) is 18.4 Å². The summed E-state index contributed by atoms with van der Waals surface area (Å²) in [6.45, 7) is 1.00. The van der Waals surface area contributed by atoms with Crippen LogP contribution in [0.2, 0.25) is 10.0 Å². The number of rotatable bonds is 4. The molecule has 2 heterocycles. The molecule has 1 aliphatic rings. The fourth-order valence-corrected chi connectivity index (χ4v) is 3.33. The van der Waals surface area contributed by atoms with Crippen LogP contribution in [0, 0.1) is 5.92 Å². The molecule has 0 radical (unpaired) electrons. The van der Waals surface area contributed by atoms with Crippen molar-refractivity contribution in [3.8, 4) is 0 Å². The number of likely N-dealkylation sites (tertiary alicyclic amines) is 1. The number of hydrogen-bond acceptors (Lipinski definition) is 3. The average Bonchev–Trinajstić information content (AvgIpc) is 2.69. The van der Waals surface area contributed by atoms with Gasteiger partial charge < -0.3 is 10.2 Å². The summed E-state index contributed by atoms with van der Waals surface area (Å²) in [5.41, 5.74) is 0.680. The largest absolute Gasteiger partial charge is 0.338 e. The lowest BCUT2D eigenvalue weighted by atomic mass is 9.97. The van der Waals surface area contributed by atoms with E-state index < -0.39 is 0 Å². The number of aromatic nitrogens is 1. The van der Waals surface area contributed by atoms with Crippen LogP contribution in [0.1, 0.15) is 18.4 Å². The zero-order valence-corrected chi connectivity index (χ0v) is 16.1. The Balaban J connectivity index is 1.61. The molecule has 1 N–H and O–H groups in total. The number of piperidine rings is 1. The van der Waals surface area contributed by atoms with Gasteiger partial charge in [0.1, 0.15) is 5.82 Å². The summed E-state index contributed by atoms with van der Waals surface area (Å²) >= 11 is 12.1. The molecule has 0 saturated carbocycles. The second-order valence-corrected chi connectivity index (χ2v) is 7.17. The van der Waals surface area contributed by atoms with Crippen molar-refractivity contribution in [3.05, 3.63) is 64.3 Å². The SMILES string of the molecule is O=C(Nc1ccccn1)[C@@H]1CCCN(C(=O)/C=C/c2cc(Cl)ccc2Cl)C1. The Kier molecular flexibility index (Phi) is 6.48. The normalized spacial score (nSPS) is 17.1. The van der Waals surface area contributed by atoms with Crippen LogP contribution in [0.15, 0.2) is 48.7 Å². The highest BCUT2D eigenvalue weighted by atomic mass is 35.5. The molecule has 140 valence electrons. The standard InChI is InChI=1S/C20H19Cl2N3O2/c21-16-7-8-17(22)14(12-16)6-9-19(26)25-11-3-4-15(13-25)20(27)24-18-5-1-2-10-23-18/h1-2,5-10,12,15H,3-4,11,13H2,(H,23,24,27)/b9-6+/t15-/m1/s1. The molecule has 1 fully saturated rings. The summed E-state index contributed by atoms with van der Waals surface area (Å²) in [6.07, 6.45) is 6.26. The first-order chi connectivity index (χ1) is 13.0. The van der Waals surface area contributed by atoms with Gasteiger partial charge in [-0.1, -0.05) is 29.3 Å². The van der Waals surface area contributed by atoms with E-state index in [4.69, 9.17) is 23.2 Å². The topological polar surface area (TPSA) is 62.3 Å². The molecule has 1 aromatic heterocycles. The van der Waals surface area contributed by atoms with E-state index in [9.17, 15) is 9.59 Å². The summed E-state index contributed by atoms with van der Waals surface area (Å²) in [7, 11) is 0. The molecule has 1 atom stereocenters. The van der Waals surface area contributed by atoms with E-state index in [1.54, 1.807) is 47.5 Å². The minimum Gasteiger partial charge on any atom is -0.338 e. The molecule has 27 heavy (non-hydrogen) atoms. The first-order valence-corrected chi connectivity index (χ1v) is 9.42. The first-order valence-electron chi connectivity index (χ1n) is 8.67. The summed E-state index contributed by atoms with van der Waals surface area (Å²) in [5.74, 6) is -0.0104. The zero-order valence-electron chi connectivity index (χ0n) is 14.6. The van der Waals surface area contributed by atoms with Crippen molar-refractivity contribution in [3.63, 3.8) is 0 Å². The summed E-state index contributed by atoms with van der Waals surface area (Å²) < 4.78 is 0. The van der Waals surface area contributed by atoms with Crippen LogP contribution in [-0.2, 0) is 9.59 Å². The predicted octanol–water partition coefficient (Wildman–Crippen LogP) is 4.28. The first kappa shape index (κ1) is 19.4. The number of anilines is 1. The lowest BCUT2D eigenvalue weighted by molar-refractivity contribution is -0.130. The van der Waals surface area contributed by atoms with Gasteiger partial charge >= 0.3 is 0 Å². The van der Waals surface area contributed by atoms with E-state index in [1.807, 2.05) is 6.07 Å². The third-order valence-electron chi connectivity index (χ3n) is 4.38. The van der Waals surface area contributed by atoms with Crippen molar-refractivity contribution >= 4 is 46.9 Å². The van der Waals surface area contributed by atoms with Gasteiger partial charge in [-0.3, -0.25) is 9.59 Å². The van der Waals surface area contributed by atoms with Crippen molar-refractivity contribution in [2.24, 2.45) is 5.92 Å². The molecular formula is C20H19Cl2N3O2. The van der Waals surface area contributed by atoms with Crippen LogP contribution < -0.4 is 5.32 Å². The van der Waals surface area contributed by atoms with Crippen LogP contribution in [0.4, 0.5) is 5.82 Å². The Morgan fingerprint density at radius 2 is 2.07 bits per heavy atom. The van der Waals surface area contributed by atoms with Crippen molar-refractivity contribution in [2.45, 2.75) is 12.8 Å². The summed E-state index contributed by atoms with van der Waals surface area (Å²) in [5, 5.41) is 3.88. The molecule has 0 bridgehead atoms. The number of carbonyl (C=O) groups excluding carboxylic acids is 2. The fraction of sp³-hybridized carbons (Fsp3) is 0.250. The minimum atomic E-state index is -0.257. The van der Waals surface area contributed by atoms with Crippen molar-refractivity contribution in [1.29, 1.82) is 0 Å². The Morgan fingerprint density at radius 1 is 1.22 bits per heavy atom. The monoisotopic (exact) mass is 403 g/mol. The maximum Gasteiger partial charge on any atom is 0.246 e. The van der Waals surface area contributed by atoms with Gasteiger partial charge in [0.25, 0.3) is 0 Å². The highest BCUT2D eigenvalue weighted by Gasteiger charge is 2.27. The number of pyridine rings is 1. The van der Waals surface area contributed by atoms with E-state index in [0.717, 1.165) is 12.8 Å². The van der Waals surface area contributed by atoms with Gasteiger partial charge in [-0.05, 0) is 54.8 Å². The van der Waals surface area contributed by atoms with E-state index in [2.05, 4.69) is 10.3 Å². The highest BCUT2D eigenvalue weighted by Crippen LogP contribution is 2.23. The van der Waals surface area contributed by atoms with Gasteiger partial charge in [0, 0.05) is 35.4 Å². The Labute approximate surface area is 168 Å². The van der Waals surface area contributed by atoms with Gasteiger partial charge in [-0.2, -0.15) is 0 Å². The zero-order chi connectivity index (χ0) is 19.2. The van der Waals surface area contributed by atoms with E-state index in [0.29, 0.717) is 34.5 Å². The van der Waals surface area contributed by atoms with Crippen molar-refractivity contribution in [1.82, 2.24) is 9.88 Å². The molecular weight excluding hydrogens is 385 g/mol. The van der Waals surface area contributed by atoms with E-state index in [-0.39, 0.29) is 17.7 Å². The minimum absolute atomic E-state index is 0.118. The predicted molar refractivity (Wildman–Crippen MR) is 108 cm³/mol. The van der Waals surface area contributed by atoms with Crippen molar-refractivity contribution < 1.29 is 9.59 Å². The van der Waals surface area contributed by atoms with Gasteiger partial charge in [-0.15, -0.1) is 0 Å². The molecule has 1 aliphatic heterocycles. The molecule has 5 nitrogen and oxygen atoms in total. The number of halogens is 2. The summed E-state index contributed by atoms with van der Waals surface area (Å²) in [6, 6.07) is 10.4. The number of benzene rings is 1. The number of amides is 2. The molecule has 7 heteroatoms. The van der Waals surface area contributed by atoms with Gasteiger partial charge in [-0.25, -0.2) is 4.98 Å². The highest BCUT2D eigenvalue weighted by molar-refractivity contribution is 6.34. The van der Waals surface area contributed by atoms with Crippen LogP contribution in [0.25, 0.3) is 6.08 Å². The molecule has 0 spiro atoms.